The average molecular weight is 415 g/mol. The van der Waals surface area contributed by atoms with Crippen molar-refractivity contribution in [3.8, 4) is 0 Å². The van der Waals surface area contributed by atoms with Crippen LogP contribution in [0.5, 0.6) is 0 Å². The van der Waals surface area contributed by atoms with E-state index in [0.717, 1.165) is 5.56 Å². The van der Waals surface area contributed by atoms with Crippen LogP contribution >= 0.6 is 0 Å². The lowest BCUT2D eigenvalue weighted by Crippen LogP contribution is -2.53. The third-order valence-corrected chi connectivity index (χ3v) is 4.97. The van der Waals surface area contributed by atoms with Gasteiger partial charge in [0.2, 0.25) is 0 Å². The Kier molecular flexibility index (Phi) is 6.69. The summed E-state index contributed by atoms with van der Waals surface area (Å²) in [6.45, 7) is 6.55. The van der Waals surface area contributed by atoms with Gasteiger partial charge in [0.1, 0.15) is 5.82 Å². The van der Waals surface area contributed by atoms with Gasteiger partial charge in [-0.2, -0.15) is 0 Å². The van der Waals surface area contributed by atoms with Gasteiger partial charge in [-0.25, -0.2) is 14.7 Å². The molecular weight excluding hydrogens is 389 g/mol. The van der Waals surface area contributed by atoms with Crippen LogP contribution in [-0.2, 0) is 11.3 Å². The number of rotatable bonds is 4. The lowest BCUT2D eigenvalue weighted by Gasteiger charge is -2.38. The standard InChI is InChI=1S/C22H26FN3O4/c1-14-4-9-20(19(23)10-14)26(22(28)25-11-15(2)30-16(3)12-25)13-17-5-7-18(8-6-17)21(27)24-29/h4-10,15-16,29H,11-13H2,1-3H3,(H,24,27). The maximum absolute atomic E-state index is 14.8. The van der Waals surface area contributed by atoms with E-state index in [9.17, 15) is 14.0 Å². The summed E-state index contributed by atoms with van der Waals surface area (Å²) in [6.07, 6.45) is -0.225. The summed E-state index contributed by atoms with van der Waals surface area (Å²) in [5.41, 5.74) is 3.52. The minimum atomic E-state index is -0.629. The maximum Gasteiger partial charge on any atom is 0.325 e. The van der Waals surface area contributed by atoms with E-state index >= 15 is 0 Å². The number of carbonyl (C=O) groups is 2. The molecule has 2 aromatic rings. The van der Waals surface area contributed by atoms with Crippen molar-refractivity contribution in [2.24, 2.45) is 0 Å². The van der Waals surface area contributed by atoms with Gasteiger partial charge in [-0.1, -0.05) is 18.2 Å². The highest BCUT2D eigenvalue weighted by Gasteiger charge is 2.31. The summed E-state index contributed by atoms with van der Waals surface area (Å²) in [7, 11) is 0. The van der Waals surface area contributed by atoms with Crippen molar-refractivity contribution in [1.29, 1.82) is 0 Å². The Hall–Kier alpha value is -2.97. The number of benzene rings is 2. The summed E-state index contributed by atoms with van der Waals surface area (Å²) in [5, 5.41) is 8.75. The number of hydrogen-bond donors (Lipinski definition) is 2. The zero-order valence-electron chi connectivity index (χ0n) is 17.3. The highest BCUT2D eigenvalue weighted by atomic mass is 19.1. The molecule has 0 spiro atoms. The molecule has 2 atom stereocenters. The van der Waals surface area contributed by atoms with Gasteiger partial charge in [0.15, 0.2) is 0 Å². The molecule has 0 aromatic heterocycles. The van der Waals surface area contributed by atoms with Gasteiger partial charge < -0.3 is 9.64 Å². The van der Waals surface area contributed by atoms with Gasteiger partial charge in [-0.15, -0.1) is 0 Å². The zero-order valence-corrected chi connectivity index (χ0v) is 17.3. The molecule has 0 saturated carbocycles. The maximum atomic E-state index is 14.8. The number of anilines is 1. The predicted molar refractivity (Wildman–Crippen MR) is 110 cm³/mol. The van der Waals surface area contributed by atoms with Crippen molar-refractivity contribution >= 4 is 17.6 Å². The fourth-order valence-electron chi connectivity index (χ4n) is 3.60. The first kappa shape index (κ1) is 21.7. The summed E-state index contributed by atoms with van der Waals surface area (Å²) in [6, 6.07) is 10.9. The first-order valence-corrected chi connectivity index (χ1v) is 9.80. The van der Waals surface area contributed by atoms with Crippen molar-refractivity contribution in [3.63, 3.8) is 0 Å². The van der Waals surface area contributed by atoms with E-state index in [4.69, 9.17) is 9.94 Å². The number of carbonyl (C=O) groups excluding carboxylic acids is 2. The highest BCUT2D eigenvalue weighted by Crippen LogP contribution is 2.25. The summed E-state index contributed by atoms with van der Waals surface area (Å²) >= 11 is 0. The Morgan fingerprint density at radius 2 is 1.80 bits per heavy atom. The second-order valence-corrected chi connectivity index (χ2v) is 7.62. The Labute approximate surface area is 175 Å². The number of hydrogen-bond acceptors (Lipinski definition) is 4. The molecule has 3 amide bonds. The molecule has 0 bridgehead atoms. The van der Waals surface area contributed by atoms with Crippen molar-refractivity contribution in [1.82, 2.24) is 10.4 Å². The normalized spacial score (nSPS) is 18.8. The van der Waals surface area contributed by atoms with E-state index in [1.165, 1.54) is 23.1 Å². The first-order valence-electron chi connectivity index (χ1n) is 9.80. The van der Waals surface area contributed by atoms with E-state index < -0.39 is 11.7 Å². The van der Waals surface area contributed by atoms with Crippen LogP contribution in [0.25, 0.3) is 0 Å². The quantitative estimate of drug-likeness (QED) is 0.592. The number of hydroxylamine groups is 1. The molecular formula is C22H26FN3O4. The zero-order chi connectivity index (χ0) is 21.8. The van der Waals surface area contributed by atoms with E-state index in [2.05, 4.69) is 0 Å². The molecule has 3 rings (SSSR count). The van der Waals surface area contributed by atoms with Crippen LogP contribution in [0.1, 0.15) is 35.3 Å². The van der Waals surface area contributed by atoms with Gasteiger partial charge >= 0.3 is 6.03 Å². The van der Waals surface area contributed by atoms with Crippen LogP contribution in [0.15, 0.2) is 42.5 Å². The number of nitrogens with one attached hydrogen (secondary N) is 1. The monoisotopic (exact) mass is 415 g/mol. The molecule has 1 aliphatic heterocycles. The van der Waals surface area contributed by atoms with Crippen LogP contribution in [0.4, 0.5) is 14.9 Å². The molecule has 160 valence electrons. The minimum Gasteiger partial charge on any atom is -0.372 e. The van der Waals surface area contributed by atoms with Crippen molar-refractivity contribution in [2.45, 2.75) is 39.5 Å². The second kappa shape index (κ2) is 9.23. The number of urea groups is 1. The number of halogens is 1. The van der Waals surface area contributed by atoms with E-state index in [1.54, 1.807) is 41.6 Å². The topological polar surface area (TPSA) is 82.1 Å². The Balaban J connectivity index is 1.91. The second-order valence-electron chi connectivity index (χ2n) is 7.62. The number of morpholine rings is 1. The molecule has 0 aliphatic carbocycles. The van der Waals surface area contributed by atoms with Gasteiger partial charge in [0.05, 0.1) is 24.4 Å². The number of ether oxygens (including phenoxy) is 1. The molecule has 30 heavy (non-hydrogen) atoms. The Morgan fingerprint density at radius 3 is 2.37 bits per heavy atom. The lowest BCUT2D eigenvalue weighted by atomic mass is 10.1. The first-order chi connectivity index (χ1) is 14.3. The van der Waals surface area contributed by atoms with Crippen molar-refractivity contribution in [3.05, 3.63) is 65.0 Å². The average Bonchev–Trinajstić information content (AvgIpc) is 2.71. The molecule has 1 saturated heterocycles. The van der Waals surface area contributed by atoms with Crippen molar-refractivity contribution < 1.29 is 23.9 Å². The molecule has 2 aromatic carbocycles. The largest absolute Gasteiger partial charge is 0.372 e. The minimum absolute atomic E-state index is 0.112. The lowest BCUT2D eigenvalue weighted by molar-refractivity contribution is -0.0537. The van der Waals surface area contributed by atoms with Crippen LogP contribution < -0.4 is 10.4 Å². The van der Waals surface area contributed by atoms with Crippen LogP contribution in [0.2, 0.25) is 0 Å². The van der Waals surface area contributed by atoms with Gasteiger partial charge in [0.25, 0.3) is 5.91 Å². The predicted octanol–water partition coefficient (Wildman–Crippen LogP) is 3.49. The van der Waals surface area contributed by atoms with E-state index in [1.807, 2.05) is 13.8 Å². The summed E-state index contributed by atoms with van der Waals surface area (Å²) in [5.74, 6) is -1.11. The number of nitrogens with zero attached hydrogens (tertiary/aromatic N) is 2. The third kappa shape index (κ3) is 4.95. The fourth-order valence-corrected chi connectivity index (χ4v) is 3.60. The van der Waals surface area contributed by atoms with E-state index in [0.29, 0.717) is 18.7 Å². The number of aryl methyl sites for hydroxylation is 1. The fraction of sp³-hybridized carbons (Fsp3) is 0.364. The summed E-state index contributed by atoms with van der Waals surface area (Å²) in [4.78, 5) is 28.0. The van der Waals surface area contributed by atoms with Crippen LogP contribution in [0, 0.1) is 12.7 Å². The molecule has 7 nitrogen and oxygen atoms in total. The molecule has 8 heteroatoms. The molecule has 2 unspecified atom stereocenters. The summed E-state index contributed by atoms with van der Waals surface area (Å²) < 4.78 is 20.5. The Bertz CT molecular complexity index is 909. The highest BCUT2D eigenvalue weighted by molar-refractivity contribution is 5.94. The van der Waals surface area contributed by atoms with Crippen LogP contribution in [0.3, 0.4) is 0 Å². The van der Waals surface area contributed by atoms with Gasteiger partial charge in [-0.3, -0.25) is 14.9 Å². The molecule has 1 aliphatic rings. The third-order valence-electron chi connectivity index (χ3n) is 4.97. The van der Waals surface area contributed by atoms with Crippen molar-refractivity contribution in [2.75, 3.05) is 18.0 Å². The molecule has 1 heterocycles. The smallest absolute Gasteiger partial charge is 0.325 e. The molecule has 1 fully saturated rings. The van der Waals surface area contributed by atoms with Gasteiger partial charge in [0, 0.05) is 18.7 Å². The van der Waals surface area contributed by atoms with Crippen LogP contribution in [-0.4, -0.2) is 47.3 Å². The number of amides is 3. The van der Waals surface area contributed by atoms with Gasteiger partial charge in [-0.05, 0) is 56.2 Å². The molecule has 2 N–H and O–H groups in total. The van der Waals surface area contributed by atoms with E-state index in [-0.39, 0.29) is 36.0 Å². The SMILES string of the molecule is Cc1ccc(N(Cc2ccc(C(=O)NO)cc2)C(=O)N2CC(C)OC(C)C2)c(F)c1. The Morgan fingerprint density at radius 1 is 1.17 bits per heavy atom. The molecule has 0 radical (unpaired) electrons.